The molecule has 43 heavy (non-hydrogen) atoms. The molecule has 0 saturated heterocycles. The maximum atomic E-state index is 10.8. The maximum Gasteiger partial charge on any atom is 0.331 e. The molecule has 0 aliphatic heterocycles. The molecular formula is C30H52O13. The van der Waals surface area contributed by atoms with E-state index in [9.17, 15) is 4.79 Å². The summed E-state index contributed by atoms with van der Waals surface area (Å²) in [4.78, 5) is 10.8. The summed E-state index contributed by atoms with van der Waals surface area (Å²) in [5, 5.41) is 0. The van der Waals surface area contributed by atoms with Gasteiger partial charge in [0.1, 0.15) is 6.61 Å². The highest BCUT2D eigenvalue weighted by Crippen LogP contribution is 2.00. The van der Waals surface area contributed by atoms with Crippen LogP contribution in [0.2, 0.25) is 0 Å². The van der Waals surface area contributed by atoms with Crippen LogP contribution in [0, 0.1) is 0 Å². The molecule has 0 aliphatic rings. The quantitative estimate of drug-likeness (QED) is 0.0817. The number of benzene rings is 1. The first-order valence-corrected chi connectivity index (χ1v) is 14.8. The lowest BCUT2D eigenvalue weighted by Crippen LogP contribution is -2.16. The minimum atomic E-state index is -0.407. The number of hydrogen-bond donors (Lipinski definition) is 0. The Bertz CT molecular complexity index is 696. The summed E-state index contributed by atoms with van der Waals surface area (Å²) in [6.45, 7) is 10.3. The molecule has 1 rings (SSSR count). The summed E-state index contributed by atoms with van der Waals surface area (Å²) >= 11 is 0. The Kier molecular flexibility index (Phi) is 30.3. The Hall–Kier alpha value is -1.75. The van der Waals surface area contributed by atoms with Gasteiger partial charge in [0.2, 0.25) is 0 Å². The number of ether oxygens (including phenoxy) is 12. The molecule has 1 aromatic carbocycles. The van der Waals surface area contributed by atoms with Crippen LogP contribution in [0.1, 0.15) is 5.56 Å². The predicted octanol–water partition coefficient (Wildman–Crippen LogP) is 1.54. The molecule has 0 atom stereocenters. The van der Waals surface area contributed by atoms with E-state index in [1.54, 1.807) is 0 Å². The van der Waals surface area contributed by atoms with Crippen molar-refractivity contribution in [3.63, 3.8) is 0 Å². The van der Waals surface area contributed by atoms with E-state index in [1.165, 1.54) is 7.11 Å². The molecule has 13 heteroatoms. The number of methoxy groups -OCH3 is 1. The zero-order valence-electron chi connectivity index (χ0n) is 25.8. The first kappa shape index (κ1) is 39.3. The molecule has 1 aromatic rings. The lowest BCUT2D eigenvalue weighted by atomic mass is 10.2. The smallest absolute Gasteiger partial charge is 0.331 e. The van der Waals surface area contributed by atoms with Gasteiger partial charge in [0, 0.05) is 0 Å². The van der Waals surface area contributed by atoms with E-state index in [-0.39, 0.29) is 6.61 Å². The normalized spacial score (nSPS) is 11.3. The highest BCUT2D eigenvalue weighted by atomic mass is 16.6. The van der Waals surface area contributed by atoms with Crippen molar-refractivity contribution in [2.75, 3.05) is 146 Å². The van der Waals surface area contributed by atoms with Gasteiger partial charge in [-0.15, -0.1) is 0 Å². The highest BCUT2D eigenvalue weighted by molar-refractivity contribution is 5.70. The average Bonchev–Trinajstić information content (AvgIpc) is 3.03. The Morgan fingerprint density at radius 3 is 1.00 bits per heavy atom. The topological polar surface area (TPSA) is 128 Å². The molecular weight excluding hydrogens is 568 g/mol. The molecule has 0 amide bonds. The van der Waals surface area contributed by atoms with Gasteiger partial charge < -0.3 is 56.8 Å². The summed E-state index contributed by atoms with van der Waals surface area (Å²) in [5.74, 6) is -0.407. The van der Waals surface area contributed by atoms with E-state index >= 15 is 0 Å². The van der Waals surface area contributed by atoms with Crippen LogP contribution in [0.5, 0.6) is 0 Å². The minimum Gasteiger partial charge on any atom is -0.467 e. The first-order valence-electron chi connectivity index (χ1n) is 14.8. The lowest BCUT2D eigenvalue weighted by molar-refractivity contribution is -0.146. The van der Waals surface area contributed by atoms with Crippen molar-refractivity contribution < 1.29 is 61.6 Å². The maximum absolute atomic E-state index is 10.8. The molecule has 0 bridgehead atoms. The second-order valence-electron chi connectivity index (χ2n) is 8.68. The van der Waals surface area contributed by atoms with Crippen molar-refractivity contribution in [2.24, 2.45) is 0 Å². The standard InChI is InChI=1S/C30H52O13/c1-32-30(31)28-43-26-24-41-22-20-39-18-16-37-14-12-35-10-8-33-7-9-34-11-13-36-15-17-38-19-21-40-23-25-42-27-29-5-3-2-4-6-29/h2-6H,7-28H2,1H3. The molecule has 0 aliphatic carbocycles. The Morgan fingerprint density at radius 2 is 0.698 bits per heavy atom. The van der Waals surface area contributed by atoms with Crippen molar-refractivity contribution in [1.82, 2.24) is 0 Å². The van der Waals surface area contributed by atoms with Crippen LogP contribution in [0.15, 0.2) is 30.3 Å². The minimum absolute atomic E-state index is 0.0693. The zero-order valence-corrected chi connectivity index (χ0v) is 25.8. The van der Waals surface area contributed by atoms with Crippen LogP contribution in [-0.4, -0.2) is 152 Å². The number of esters is 1. The zero-order chi connectivity index (χ0) is 30.7. The number of carbonyl (C=O) groups is 1. The summed E-state index contributed by atoms with van der Waals surface area (Å²) in [6.07, 6.45) is 0. The van der Waals surface area contributed by atoms with Gasteiger partial charge in [-0.25, -0.2) is 4.79 Å². The van der Waals surface area contributed by atoms with E-state index in [4.69, 9.17) is 52.1 Å². The monoisotopic (exact) mass is 620 g/mol. The molecule has 0 aromatic heterocycles. The summed E-state index contributed by atoms with van der Waals surface area (Å²) in [6, 6.07) is 10.1. The lowest BCUT2D eigenvalue weighted by Gasteiger charge is -2.09. The van der Waals surface area contributed by atoms with Crippen LogP contribution < -0.4 is 0 Å². The number of carbonyl (C=O) groups excluding carboxylic acids is 1. The third-order valence-electron chi connectivity index (χ3n) is 5.28. The van der Waals surface area contributed by atoms with Gasteiger partial charge >= 0.3 is 5.97 Å². The van der Waals surface area contributed by atoms with E-state index in [0.717, 1.165) is 5.56 Å². The molecule has 0 heterocycles. The summed E-state index contributed by atoms with van der Waals surface area (Å²) in [5.41, 5.74) is 1.16. The highest BCUT2D eigenvalue weighted by Gasteiger charge is 1.99. The van der Waals surface area contributed by atoms with Gasteiger partial charge in [0.15, 0.2) is 0 Å². The molecule has 0 fully saturated rings. The van der Waals surface area contributed by atoms with Crippen molar-refractivity contribution in [3.05, 3.63) is 35.9 Å². The number of rotatable bonds is 34. The van der Waals surface area contributed by atoms with Gasteiger partial charge in [-0.3, -0.25) is 0 Å². The molecule has 0 radical (unpaired) electrons. The third-order valence-corrected chi connectivity index (χ3v) is 5.28. The fourth-order valence-electron chi connectivity index (χ4n) is 3.08. The summed E-state index contributed by atoms with van der Waals surface area (Å²) in [7, 11) is 1.32. The summed E-state index contributed by atoms with van der Waals surface area (Å²) < 4.78 is 64.0. The second kappa shape index (κ2) is 33.1. The van der Waals surface area contributed by atoms with Crippen LogP contribution in [0.4, 0.5) is 0 Å². The third kappa shape index (κ3) is 30.1. The van der Waals surface area contributed by atoms with Crippen LogP contribution in [-0.2, 0) is 68.2 Å². The van der Waals surface area contributed by atoms with Gasteiger partial charge in [-0.2, -0.15) is 0 Å². The molecule has 0 N–H and O–H groups in total. The van der Waals surface area contributed by atoms with Gasteiger partial charge in [0.25, 0.3) is 0 Å². The fraction of sp³-hybridized carbons (Fsp3) is 0.767. The van der Waals surface area contributed by atoms with E-state index in [1.807, 2.05) is 30.3 Å². The molecule has 13 nitrogen and oxygen atoms in total. The SMILES string of the molecule is COC(=O)COCCOCCOCCOCCOCCOCCOCCOCCOCCOCCOCc1ccccc1. The van der Waals surface area contributed by atoms with Gasteiger partial charge in [0.05, 0.1) is 146 Å². The predicted molar refractivity (Wildman–Crippen MR) is 156 cm³/mol. The van der Waals surface area contributed by atoms with Crippen molar-refractivity contribution >= 4 is 5.97 Å². The molecule has 0 unspecified atom stereocenters. The van der Waals surface area contributed by atoms with E-state index in [0.29, 0.717) is 139 Å². The van der Waals surface area contributed by atoms with Gasteiger partial charge in [-0.1, -0.05) is 30.3 Å². The van der Waals surface area contributed by atoms with Gasteiger partial charge in [-0.05, 0) is 5.56 Å². The second-order valence-corrected chi connectivity index (χ2v) is 8.68. The molecule has 0 spiro atoms. The van der Waals surface area contributed by atoms with Crippen molar-refractivity contribution in [2.45, 2.75) is 6.61 Å². The van der Waals surface area contributed by atoms with Crippen LogP contribution in [0.3, 0.4) is 0 Å². The van der Waals surface area contributed by atoms with Crippen LogP contribution >= 0.6 is 0 Å². The fourth-order valence-corrected chi connectivity index (χ4v) is 3.08. The average molecular weight is 621 g/mol. The van der Waals surface area contributed by atoms with E-state index in [2.05, 4.69) is 4.74 Å². The van der Waals surface area contributed by atoms with E-state index < -0.39 is 5.97 Å². The number of hydrogen-bond acceptors (Lipinski definition) is 13. The van der Waals surface area contributed by atoms with Crippen molar-refractivity contribution in [1.29, 1.82) is 0 Å². The molecule has 250 valence electrons. The van der Waals surface area contributed by atoms with Crippen molar-refractivity contribution in [3.8, 4) is 0 Å². The largest absolute Gasteiger partial charge is 0.467 e. The Labute approximate surface area is 256 Å². The Balaban J connectivity index is 1.62. The Morgan fingerprint density at radius 1 is 0.419 bits per heavy atom. The van der Waals surface area contributed by atoms with Crippen LogP contribution in [0.25, 0.3) is 0 Å². The molecule has 0 saturated carbocycles. The first-order chi connectivity index (χ1) is 21.3.